The molecular weight excluding hydrogens is 276 g/mol. The summed E-state index contributed by atoms with van der Waals surface area (Å²) in [6.45, 7) is 1.30. The smallest absolute Gasteiger partial charge is 0.319 e. The number of carboxylic acids is 1. The first-order valence-electron chi connectivity index (χ1n) is 6.61. The SMILES string of the molecule is CC(Cc1ccccc1[N+](=O)[O-])(C(=O)O)C(=O)NC1CC1. The fourth-order valence-corrected chi connectivity index (χ4v) is 2.04. The van der Waals surface area contributed by atoms with Gasteiger partial charge in [0.05, 0.1) is 4.92 Å². The van der Waals surface area contributed by atoms with Crippen LogP contribution in [-0.4, -0.2) is 27.9 Å². The number of amides is 1. The van der Waals surface area contributed by atoms with Crippen LogP contribution in [0.5, 0.6) is 0 Å². The molecule has 1 aliphatic carbocycles. The zero-order valence-electron chi connectivity index (χ0n) is 11.5. The number of nitro groups is 1. The molecule has 1 unspecified atom stereocenters. The Hall–Kier alpha value is -2.44. The van der Waals surface area contributed by atoms with Gasteiger partial charge in [0.2, 0.25) is 5.91 Å². The Balaban J connectivity index is 2.29. The zero-order chi connectivity index (χ0) is 15.6. The van der Waals surface area contributed by atoms with E-state index in [9.17, 15) is 24.8 Å². The first-order valence-corrected chi connectivity index (χ1v) is 6.61. The number of benzene rings is 1. The number of hydrogen-bond donors (Lipinski definition) is 2. The van der Waals surface area contributed by atoms with Gasteiger partial charge in [0.25, 0.3) is 5.69 Å². The summed E-state index contributed by atoms with van der Waals surface area (Å²) in [5.41, 5.74) is -1.67. The Bertz CT molecular complexity index is 597. The number of carboxylic acid groups (broad SMARTS) is 1. The van der Waals surface area contributed by atoms with E-state index in [0.717, 1.165) is 12.8 Å². The lowest BCUT2D eigenvalue weighted by Crippen LogP contribution is -2.46. The molecule has 1 saturated carbocycles. The van der Waals surface area contributed by atoms with E-state index >= 15 is 0 Å². The van der Waals surface area contributed by atoms with E-state index in [-0.39, 0.29) is 23.7 Å². The topological polar surface area (TPSA) is 110 Å². The summed E-state index contributed by atoms with van der Waals surface area (Å²) in [6.07, 6.45) is 1.46. The number of nitrogens with one attached hydrogen (secondary N) is 1. The molecule has 0 saturated heterocycles. The monoisotopic (exact) mass is 292 g/mol. The molecule has 1 amide bonds. The Morgan fingerprint density at radius 1 is 1.43 bits per heavy atom. The molecule has 0 radical (unpaired) electrons. The number of hydrogen-bond acceptors (Lipinski definition) is 4. The fourth-order valence-electron chi connectivity index (χ4n) is 2.04. The average molecular weight is 292 g/mol. The van der Waals surface area contributed by atoms with Gasteiger partial charge >= 0.3 is 5.97 Å². The van der Waals surface area contributed by atoms with Gasteiger partial charge in [0.1, 0.15) is 5.41 Å². The molecule has 7 nitrogen and oxygen atoms in total. The van der Waals surface area contributed by atoms with Crippen LogP contribution in [-0.2, 0) is 16.0 Å². The van der Waals surface area contributed by atoms with Gasteiger partial charge < -0.3 is 10.4 Å². The van der Waals surface area contributed by atoms with Crippen molar-refractivity contribution in [2.24, 2.45) is 5.41 Å². The second-order valence-electron chi connectivity index (χ2n) is 5.45. The summed E-state index contributed by atoms with van der Waals surface area (Å²) in [4.78, 5) is 34.1. The van der Waals surface area contributed by atoms with E-state index in [2.05, 4.69) is 5.32 Å². The van der Waals surface area contributed by atoms with Crippen molar-refractivity contribution in [2.75, 3.05) is 0 Å². The van der Waals surface area contributed by atoms with Gasteiger partial charge in [-0.2, -0.15) is 0 Å². The number of rotatable bonds is 6. The van der Waals surface area contributed by atoms with Gasteiger partial charge in [-0.05, 0) is 19.8 Å². The highest BCUT2D eigenvalue weighted by atomic mass is 16.6. The normalized spacial score (nSPS) is 16.8. The molecule has 1 fully saturated rings. The summed E-state index contributed by atoms with van der Waals surface area (Å²) >= 11 is 0. The number of nitrogens with zero attached hydrogens (tertiary/aromatic N) is 1. The Morgan fingerprint density at radius 3 is 2.57 bits per heavy atom. The number of aliphatic carboxylic acids is 1. The maximum absolute atomic E-state index is 12.2. The van der Waals surface area contributed by atoms with Crippen molar-refractivity contribution in [1.82, 2.24) is 5.32 Å². The van der Waals surface area contributed by atoms with Crippen LogP contribution >= 0.6 is 0 Å². The van der Waals surface area contributed by atoms with E-state index < -0.39 is 22.2 Å². The number of carbonyl (C=O) groups is 2. The van der Waals surface area contributed by atoms with Crippen LogP contribution in [0.1, 0.15) is 25.3 Å². The van der Waals surface area contributed by atoms with Crippen LogP contribution < -0.4 is 5.32 Å². The number of para-hydroxylation sites is 1. The van der Waals surface area contributed by atoms with Crippen LogP contribution in [0.15, 0.2) is 24.3 Å². The molecule has 112 valence electrons. The summed E-state index contributed by atoms with van der Waals surface area (Å²) < 4.78 is 0. The molecule has 0 bridgehead atoms. The molecule has 21 heavy (non-hydrogen) atoms. The minimum absolute atomic E-state index is 0.0296. The van der Waals surface area contributed by atoms with Crippen LogP contribution in [0.3, 0.4) is 0 Å². The van der Waals surface area contributed by atoms with E-state index in [1.54, 1.807) is 6.07 Å². The lowest BCUT2D eigenvalue weighted by Gasteiger charge is -2.23. The minimum Gasteiger partial charge on any atom is -0.480 e. The summed E-state index contributed by atoms with van der Waals surface area (Å²) in [5.74, 6) is -1.89. The van der Waals surface area contributed by atoms with Crippen molar-refractivity contribution in [1.29, 1.82) is 0 Å². The van der Waals surface area contributed by atoms with Crippen LogP contribution in [0.25, 0.3) is 0 Å². The van der Waals surface area contributed by atoms with Crippen LogP contribution in [0, 0.1) is 15.5 Å². The summed E-state index contributed by atoms with van der Waals surface area (Å²) in [6, 6.07) is 5.90. The van der Waals surface area contributed by atoms with E-state index in [0.29, 0.717) is 0 Å². The second kappa shape index (κ2) is 5.51. The van der Waals surface area contributed by atoms with Gasteiger partial charge in [0.15, 0.2) is 0 Å². The van der Waals surface area contributed by atoms with Gasteiger partial charge in [0, 0.05) is 24.1 Å². The van der Waals surface area contributed by atoms with Gasteiger partial charge in [-0.3, -0.25) is 19.7 Å². The molecule has 7 heteroatoms. The van der Waals surface area contributed by atoms with Crippen molar-refractivity contribution in [3.8, 4) is 0 Å². The van der Waals surface area contributed by atoms with Crippen molar-refractivity contribution >= 4 is 17.6 Å². The predicted molar refractivity (Wildman–Crippen MR) is 73.7 cm³/mol. The van der Waals surface area contributed by atoms with E-state index in [1.165, 1.54) is 25.1 Å². The minimum atomic E-state index is -1.73. The molecule has 0 heterocycles. The first-order chi connectivity index (χ1) is 9.84. The van der Waals surface area contributed by atoms with Crippen molar-refractivity contribution in [3.63, 3.8) is 0 Å². The highest BCUT2D eigenvalue weighted by Gasteiger charge is 2.44. The van der Waals surface area contributed by atoms with Crippen LogP contribution in [0.2, 0.25) is 0 Å². The quantitative estimate of drug-likeness (QED) is 0.469. The maximum Gasteiger partial charge on any atom is 0.319 e. The molecule has 1 atom stereocenters. The fraction of sp³-hybridized carbons (Fsp3) is 0.429. The maximum atomic E-state index is 12.2. The van der Waals surface area contributed by atoms with Gasteiger partial charge in [-0.15, -0.1) is 0 Å². The zero-order valence-corrected chi connectivity index (χ0v) is 11.5. The molecule has 2 rings (SSSR count). The highest BCUT2D eigenvalue weighted by molar-refractivity contribution is 6.02. The Morgan fingerprint density at radius 2 is 2.05 bits per heavy atom. The highest BCUT2D eigenvalue weighted by Crippen LogP contribution is 2.30. The summed E-state index contributed by atoms with van der Waals surface area (Å²) in [5, 5.41) is 23.0. The first kappa shape index (κ1) is 15.0. The third kappa shape index (κ3) is 3.18. The number of carbonyl (C=O) groups excluding carboxylic acids is 1. The standard InChI is InChI=1S/C14H16N2O5/c1-14(13(18)19,12(17)15-10-6-7-10)8-9-4-2-3-5-11(9)16(20)21/h2-5,10H,6-8H2,1H3,(H,15,17)(H,18,19). The molecule has 1 aromatic rings. The van der Waals surface area contributed by atoms with Crippen molar-refractivity contribution in [2.45, 2.75) is 32.2 Å². The van der Waals surface area contributed by atoms with Gasteiger partial charge in [-0.1, -0.05) is 18.2 Å². The molecule has 1 aliphatic rings. The molecule has 1 aromatic carbocycles. The third-order valence-corrected chi connectivity index (χ3v) is 3.62. The molecular formula is C14H16N2O5. The number of nitro benzene ring substituents is 1. The second-order valence-corrected chi connectivity index (χ2v) is 5.45. The predicted octanol–water partition coefficient (Wildman–Crippen LogP) is 1.51. The third-order valence-electron chi connectivity index (χ3n) is 3.62. The van der Waals surface area contributed by atoms with Crippen LogP contribution in [0.4, 0.5) is 5.69 Å². The largest absolute Gasteiger partial charge is 0.480 e. The lowest BCUT2D eigenvalue weighted by atomic mass is 9.82. The molecule has 0 aromatic heterocycles. The molecule has 2 N–H and O–H groups in total. The molecule has 0 spiro atoms. The summed E-state index contributed by atoms with van der Waals surface area (Å²) in [7, 11) is 0. The lowest BCUT2D eigenvalue weighted by molar-refractivity contribution is -0.385. The van der Waals surface area contributed by atoms with Gasteiger partial charge in [-0.25, -0.2) is 0 Å². The Labute approximate surface area is 121 Å². The van der Waals surface area contributed by atoms with Crippen molar-refractivity contribution in [3.05, 3.63) is 39.9 Å². The van der Waals surface area contributed by atoms with E-state index in [1.807, 2.05) is 0 Å². The molecule has 0 aliphatic heterocycles. The average Bonchev–Trinajstić information content (AvgIpc) is 3.22. The Kier molecular flexibility index (Phi) is 3.93. The van der Waals surface area contributed by atoms with Crippen molar-refractivity contribution < 1.29 is 19.6 Å². The van der Waals surface area contributed by atoms with E-state index in [4.69, 9.17) is 0 Å².